The molecule has 0 saturated heterocycles. The van der Waals surface area contributed by atoms with Gasteiger partial charge < -0.3 is 15.1 Å². The number of benzene rings is 1. The number of rotatable bonds is 5. The molecule has 0 aliphatic heterocycles. The Morgan fingerprint density at radius 3 is 2.26 bits per heavy atom. The van der Waals surface area contributed by atoms with Gasteiger partial charge >= 0.3 is 5.97 Å². The Balaban J connectivity index is 2.44. The van der Waals surface area contributed by atoms with E-state index in [9.17, 15) is 19.8 Å². The highest BCUT2D eigenvalue weighted by Gasteiger charge is 2.37. The van der Waals surface area contributed by atoms with Gasteiger partial charge in [0.15, 0.2) is 6.04 Å². The van der Waals surface area contributed by atoms with Crippen LogP contribution in [0.1, 0.15) is 35.6 Å². The number of carbonyl (C=O) groups excluding carboxylic acids is 1. The minimum atomic E-state index is -1.05. The normalized spacial score (nSPS) is 15.9. The predicted octanol–water partition coefficient (Wildman–Crippen LogP) is 1.76. The van der Waals surface area contributed by atoms with Gasteiger partial charge in [0, 0.05) is 6.04 Å². The van der Waals surface area contributed by atoms with Crippen molar-refractivity contribution >= 4 is 12.4 Å². The summed E-state index contributed by atoms with van der Waals surface area (Å²) in [5, 5.41) is 19.1. The molecule has 1 amide bonds. The molecule has 0 aromatic heterocycles. The van der Waals surface area contributed by atoms with Crippen LogP contribution in [0, 0.1) is 13.8 Å². The summed E-state index contributed by atoms with van der Waals surface area (Å²) >= 11 is 0. The maximum absolute atomic E-state index is 11.5. The lowest BCUT2D eigenvalue weighted by atomic mass is 9.99. The van der Waals surface area contributed by atoms with Crippen LogP contribution in [-0.2, 0) is 9.59 Å². The lowest BCUT2D eigenvalue weighted by molar-refractivity contribution is -0.147. The number of carbonyl (C=O) groups is 2. The van der Waals surface area contributed by atoms with Gasteiger partial charge in [-0.2, -0.15) is 0 Å². The monoisotopic (exact) mass is 263 g/mol. The summed E-state index contributed by atoms with van der Waals surface area (Å²) in [4.78, 5) is 24.0. The highest BCUT2D eigenvalue weighted by atomic mass is 16.4. The number of amides is 1. The molecule has 1 aromatic rings. The van der Waals surface area contributed by atoms with Crippen molar-refractivity contribution in [3.05, 3.63) is 28.8 Å². The first-order valence-corrected chi connectivity index (χ1v) is 6.21. The molecule has 0 bridgehead atoms. The van der Waals surface area contributed by atoms with Crippen LogP contribution < -0.4 is 0 Å². The lowest BCUT2D eigenvalue weighted by Crippen LogP contribution is -2.34. The molecule has 1 saturated carbocycles. The molecule has 2 rings (SSSR count). The highest BCUT2D eigenvalue weighted by Crippen LogP contribution is 2.35. The number of aromatic hydroxyl groups is 1. The van der Waals surface area contributed by atoms with Crippen LogP contribution in [0.3, 0.4) is 0 Å². The number of hydrogen-bond donors (Lipinski definition) is 2. The van der Waals surface area contributed by atoms with Crippen LogP contribution in [0.15, 0.2) is 12.1 Å². The fourth-order valence-corrected chi connectivity index (χ4v) is 2.32. The smallest absolute Gasteiger partial charge is 0.331 e. The Bertz CT molecular complexity index is 499. The van der Waals surface area contributed by atoms with Crippen LogP contribution in [0.2, 0.25) is 0 Å². The first kappa shape index (κ1) is 13.4. The van der Waals surface area contributed by atoms with Crippen molar-refractivity contribution in [3.8, 4) is 5.75 Å². The van der Waals surface area contributed by atoms with Crippen molar-refractivity contribution in [1.82, 2.24) is 4.90 Å². The SMILES string of the molecule is Cc1cc(C(C(=O)O)N(C=O)C2CC2)cc(C)c1O. The van der Waals surface area contributed by atoms with Gasteiger partial charge in [-0.3, -0.25) is 4.79 Å². The quantitative estimate of drug-likeness (QED) is 0.793. The molecule has 1 aromatic carbocycles. The van der Waals surface area contributed by atoms with Crippen LogP contribution in [0.4, 0.5) is 0 Å². The summed E-state index contributed by atoms with van der Waals surface area (Å²) in [6.07, 6.45) is 2.30. The number of phenolic OH excluding ortho intramolecular Hbond substituents is 1. The average molecular weight is 263 g/mol. The van der Waals surface area contributed by atoms with Crippen LogP contribution in [-0.4, -0.2) is 33.5 Å². The number of aliphatic carboxylic acids is 1. The zero-order valence-corrected chi connectivity index (χ0v) is 11.0. The van der Waals surface area contributed by atoms with E-state index in [2.05, 4.69) is 0 Å². The van der Waals surface area contributed by atoms with Gasteiger partial charge in [0.2, 0.25) is 6.41 Å². The van der Waals surface area contributed by atoms with Gasteiger partial charge in [-0.1, -0.05) is 0 Å². The third-order valence-electron chi connectivity index (χ3n) is 3.45. The molecule has 19 heavy (non-hydrogen) atoms. The van der Waals surface area contributed by atoms with Gasteiger partial charge in [-0.25, -0.2) is 4.79 Å². The molecule has 102 valence electrons. The van der Waals surface area contributed by atoms with Gasteiger partial charge in [-0.05, 0) is 55.5 Å². The summed E-state index contributed by atoms with van der Waals surface area (Å²) < 4.78 is 0. The standard InChI is InChI=1S/C14H17NO4/c1-8-5-10(6-9(2)13(8)17)12(14(18)19)15(7-16)11-3-4-11/h5-7,11-12,17H,3-4H2,1-2H3,(H,18,19). The van der Waals surface area contributed by atoms with Gasteiger partial charge in [0.1, 0.15) is 5.75 Å². The summed E-state index contributed by atoms with van der Waals surface area (Å²) in [5.74, 6) is -0.888. The third-order valence-corrected chi connectivity index (χ3v) is 3.45. The second-order valence-corrected chi connectivity index (χ2v) is 5.03. The highest BCUT2D eigenvalue weighted by molar-refractivity contribution is 5.79. The number of aryl methyl sites for hydroxylation is 2. The summed E-state index contributed by atoms with van der Waals surface area (Å²) in [6.45, 7) is 3.43. The van der Waals surface area contributed by atoms with Crippen LogP contribution >= 0.6 is 0 Å². The summed E-state index contributed by atoms with van der Waals surface area (Å²) in [7, 11) is 0. The van der Waals surface area contributed by atoms with Crippen molar-refractivity contribution in [2.24, 2.45) is 0 Å². The zero-order valence-electron chi connectivity index (χ0n) is 11.0. The second-order valence-electron chi connectivity index (χ2n) is 5.03. The maximum Gasteiger partial charge on any atom is 0.331 e. The number of nitrogens with zero attached hydrogens (tertiary/aromatic N) is 1. The molecule has 0 radical (unpaired) electrons. The minimum absolute atomic E-state index is 0.0213. The Labute approximate surface area is 111 Å². The molecule has 1 aliphatic rings. The van der Waals surface area contributed by atoms with E-state index in [1.165, 1.54) is 4.90 Å². The second kappa shape index (κ2) is 4.91. The molecule has 0 spiro atoms. The van der Waals surface area contributed by atoms with Gasteiger partial charge in [-0.15, -0.1) is 0 Å². The molecule has 5 heteroatoms. The minimum Gasteiger partial charge on any atom is -0.507 e. The van der Waals surface area contributed by atoms with E-state index in [4.69, 9.17) is 0 Å². The largest absolute Gasteiger partial charge is 0.507 e. The maximum atomic E-state index is 11.5. The van der Waals surface area contributed by atoms with Crippen LogP contribution in [0.5, 0.6) is 5.75 Å². The Morgan fingerprint density at radius 1 is 1.37 bits per heavy atom. The first-order valence-electron chi connectivity index (χ1n) is 6.21. The third kappa shape index (κ3) is 2.54. The molecule has 0 heterocycles. The molecule has 1 aliphatic carbocycles. The van der Waals surface area contributed by atoms with E-state index in [1.807, 2.05) is 0 Å². The molecular formula is C14H17NO4. The molecule has 1 unspecified atom stereocenters. The molecule has 5 nitrogen and oxygen atoms in total. The molecular weight excluding hydrogens is 246 g/mol. The van der Waals surface area contributed by atoms with Crippen molar-refractivity contribution in [2.75, 3.05) is 0 Å². The molecule has 1 atom stereocenters. The predicted molar refractivity (Wildman–Crippen MR) is 68.9 cm³/mol. The van der Waals surface area contributed by atoms with Gasteiger partial charge in [0.05, 0.1) is 0 Å². The number of carboxylic acids is 1. The first-order chi connectivity index (χ1) is 8.95. The van der Waals surface area contributed by atoms with Crippen molar-refractivity contribution < 1.29 is 19.8 Å². The Morgan fingerprint density at radius 2 is 1.89 bits per heavy atom. The fraction of sp³-hybridized carbons (Fsp3) is 0.429. The topological polar surface area (TPSA) is 77.8 Å². The summed E-state index contributed by atoms with van der Waals surface area (Å²) in [5.41, 5.74) is 1.75. The average Bonchev–Trinajstić information content (AvgIpc) is 3.15. The van der Waals surface area contributed by atoms with Crippen molar-refractivity contribution in [2.45, 2.75) is 38.8 Å². The van der Waals surface area contributed by atoms with E-state index in [0.717, 1.165) is 12.8 Å². The fourth-order valence-electron chi connectivity index (χ4n) is 2.32. The van der Waals surface area contributed by atoms with E-state index in [0.29, 0.717) is 23.1 Å². The number of hydrogen-bond acceptors (Lipinski definition) is 3. The lowest BCUT2D eigenvalue weighted by Gasteiger charge is -2.26. The molecule has 2 N–H and O–H groups in total. The van der Waals surface area contributed by atoms with E-state index in [1.54, 1.807) is 26.0 Å². The van der Waals surface area contributed by atoms with Crippen molar-refractivity contribution in [3.63, 3.8) is 0 Å². The number of carboxylic acid groups (broad SMARTS) is 1. The Hall–Kier alpha value is -2.04. The summed E-state index contributed by atoms with van der Waals surface area (Å²) in [6, 6.07) is 2.29. The van der Waals surface area contributed by atoms with E-state index >= 15 is 0 Å². The van der Waals surface area contributed by atoms with Crippen molar-refractivity contribution in [1.29, 1.82) is 0 Å². The number of phenols is 1. The van der Waals surface area contributed by atoms with Crippen LogP contribution in [0.25, 0.3) is 0 Å². The zero-order chi connectivity index (χ0) is 14.2. The Kier molecular flexibility index (Phi) is 3.46. The molecule has 1 fully saturated rings. The van der Waals surface area contributed by atoms with E-state index < -0.39 is 12.0 Å². The van der Waals surface area contributed by atoms with Gasteiger partial charge in [0.25, 0.3) is 0 Å². The van der Waals surface area contributed by atoms with E-state index in [-0.39, 0.29) is 11.8 Å².